The second kappa shape index (κ2) is 7.45. The van der Waals surface area contributed by atoms with E-state index in [0.29, 0.717) is 25.2 Å². The van der Waals surface area contributed by atoms with E-state index in [1.807, 2.05) is 39.1 Å². The van der Waals surface area contributed by atoms with Crippen LogP contribution in [0.2, 0.25) is 0 Å². The number of carbonyl (C=O) groups excluding carboxylic acids is 1. The van der Waals surface area contributed by atoms with Crippen LogP contribution in [0.1, 0.15) is 29.8 Å². The third-order valence-corrected chi connectivity index (χ3v) is 4.95. The Morgan fingerprint density at radius 1 is 1.35 bits per heavy atom. The summed E-state index contributed by atoms with van der Waals surface area (Å²) in [5.74, 6) is 1.37. The van der Waals surface area contributed by atoms with Crippen molar-refractivity contribution in [1.29, 1.82) is 0 Å². The minimum Gasteiger partial charge on any atom is -0.483 e. The number of piperidine rings is 1. The SMILES string of the molecule is Cc1cccc(C)c1OCC(=O)N1CCCC(O)(Cc2nncn2C)C1. The Labute approximate surface area is 153 Å². The van der Waals surface area contributed by atoms with Crippen molar-refractivity contribution < 1.29 is 14.6 Å². The van der Waals surface area contributed by atoms with Gasteiger partial charge in [0.2, 0.25) is 0 Å². The first kappa shape index (κ1) is 18.4. The normalized spacial score (nSPS) is 20.2. The highest BCUT2D eigenvalue weighted by molar-refractivity contribution is 5.78. The summed E-state index contributed by atoms with van der Waals surface area (Å²) in [7, 11) is 1.85. The molecule has 0 radical (unpaired) electrons. The zero-order valence-electron chi connectivity index (χ0n) is 15.6. The van der Waals surface area contributed by atoms with Crippen LogP contribution in [0.15, 0.2) is 24.5 Å². The molecule has 140 valence electrons. The zero-order valence-corrected chi connectivity index (χ0v) is 15.6. The van der Waals surface area contributed by atoms with Crippen molar-refractivity contribution in [1.82, 2.24) is 19.7 Å². The van der Waals surface area contributed by atoms with Gasteiger partial charge in [0.05, 0.1) is 5.60 Å². The lowest BCUT2D eigenvalue weighted by Gasteiger charge is -2.39. The third kappa shape index (κ3) is 4.04. The summed E-state index contributed by atoms with van der Waals surface area (Å²) in [5.41, 5.74) is 1.04. The predicted octanol–water partition coefficient (Wildman–Crippen LogP) is 1.41. The summed E-state index contributed by atoms with van der Waals surface area (Å²) in [6.07, 6.45) is 3.39. The lowest BCUT2D eigenvalue weighted by atomic mass is 9.89. The van der Waals surface area contributed by atoms with Crippen molar-refractivity contribution in [3.63, 3.8) is 0 Å². The predicted molar refractivity (Wildman–Crippen MR) is 96.9 cm³/mol. The number of aromatic nitrogens is 3. The van der Waals surface area contributed by atoms with E-state index < -0.39 is 5.60 Å². The number of ether oxygens (including phenoxy) is 1. The van der Waals surface area contributed by atoms with Crippen LogP contribution in [0.3, 0.4) is 0 Å². The maximum absolute atomic E-state index is 12.6. The molecule has 1 atom stereocenters. The molecule has 3 rings (SSSR count). The summed E-state index contributed by atoms with van der Waals surface area (Å²) in [5, 5.41) is 18.8. The Morgan fingerprint density at radius 2 is 2.08 bits per heavy atom. The Bertz CT molecular complexity index is 769. The zero-order chi connectivity index (χ0) is 18.7. The first-order valence-electron chi connectivity index (χ1n) is 8.90. The fraction of sp³-hybridized carbons (Fsp3) is 0.526. The number of aliphatic hydroxyl groups is 1. The molecule has 1 aliphatic rings. The first-order chi connectivity index (χ1) is 12.4. The second-order valence-electron chi connectivity index (χ2n) is 7.19. The number of hydrogen-bond acceptors (Lipinski definition) is 5. The summed E-state index contributed by atoms with van der Waals surface area (Å²) >= 11 is 0. The monoisotopic (exact) mass is 358 g/mol. The number of aryl methyl sites for hydroxylation is 3. The van der Waals surface area contributed by atoms with Crippen molar-refractivity contribution >= 4 is 5.91 Å². The van der Waals surface area contributed by atoms with Crippen molar-refractivity contribution in [3.05, 3.63) is 41.5 Å². The number of carbonyl (C=O) groups is 1. The van der Waals surface area contributed by atoms with Crippen LogP contribution in [0.5, 0.6) is 5.75 Å². The Balaban J connectivity index is 1.62. The number of nitrogens with zero attached hydrogens (tertiary/aromatic N) is 4. The van der Waals surface area contributed by atoms with E-state index in [9.17, 15) is 9.90 Å². The van der Waals surface area contributed by atoms with E-state index in [1.165, 1.54) is 0 Å². The standard InChI is InChI=1S/C19H26N4O3/c1-14-6-4-7-15(2)18(14)26-11-17(24)23-9-5-8-19(25,12-23)10-16-21-20-13-22(16)3/h4,6-7,13,25H,5,8-12H2,1-3H3. The van der Waals surface area contributed by atoms with E-state index in [2.05, 4.69) is 10.2 Å². The molecular weight excluding hydrogens is 332 g/mol. The summed E-state index contributed by atoms with van der Waals surface area (Å²) in [4.78, 5) is 14.3. The fourth-order valence-electron chi connectivity index (χ4n) is 3.48. The van der Waals surface area contributed by atoms with Crippen molar-refractivity contribution in [2.24, 2.45) is 7.05 Å². The van der Waals surface area contributed by atoms with Crippen LogP contribution in [0, 0.1) is 13.8 Å². The van der Waals surface area contributed by atoms with E-state index in [-0.39, 0.29) is 19.1 Å². The molecule has 0 aliphatic carbocycles. The van der Waals surface area contributed by atoms with E-state index in [1.54, 1.807) is 15.8 Å². The number of para-hydroxylation sites is 1. The highest BCUT2D eigenvalue weighted by atomic mass is 16.5. The van der Waals surface area contributed by atoms with Crippen molar-refractivity contribution in [3.8, 4) is 5.75 Å². The molecule has 1 aromatic heterocycles. The van der Waals surface area contributed by atoms with Gasteiger partial charge in [0.1, 0.15) is 17.9 Å². The van der Waals surface area contributed by atoms with Gasteiger partial charge in [-0.2, -0.15) is 0 Å². The molecule has 2 aromatic rings. The average Bonchev–Trinajstić information content (AvgIpc) is 2.98. The van der Waals surface area contributed by atoms with Gasteiger partial charge in [-0.1, -0.05) is 18.2 Å². The lowest BCUT2D eigenvalue weighted by molar-refractivity contribution is -0.140. The van der Waals surface area contributed by atoms with Gasteiger partial charge in [-0.05, 0) is 37.8 Å². The van der Waals surface area contributed by atoms with Crippen LogP contribution in [0.4, 0.5) is 0 Å². The number of amides is 1. The minimum absolute atomic E-state index is 0.0221. The van der Waals surface area contributed by atoms with Gasteiger partial charge in [-0.25, -0.2) is 0 Å². The molecule has 1 amide bonds. The van der Waals surface area contributed by atoms with Crippen LogP contribution < -0.4 is 4.74 Å². The topological polar surface area (TPSA) is 80.5 Å². The van der Waals surface area contributed by atoms with Crippen molar-refractivity contribution in [2.75, 3.05) is 19.7 Å². The van der Waals surface area contributed by atoms with E-state index in [4.69, 9.17) is 4.74 Å². The molecular formula is C19H26N4O3. The van der Waals surface area contributed by atoms with Crippen LogP contribution in [-0.2, 0) is 18.3 Å². The van der Waals surface area contributed by atoms with Gasteiger partial charge >= 0.3 is 0 Å². The van der Waals surface area contributed by atoms with Crippen LogP contribution in [0.25, 0.3) is 0 Å². The molecule has 1 aliphatic heterocycles. The second-order valence-corrected chi connectivity index (χ2v) is 7.19. The molecule has 2 heterocycles. The Kier molecular flexibility index (Phi) is 5.27. The van der Waals surface area contributed by atoms with Crippen LogP contribution >= 0.6 is 0 Å². The van der Waals surface area contributed by atoms with Gasteiger partial charge < -0.3 is 19.3 Å². The maximum atomic E-state index is 12.6. The van der Waals surface area contributed by atoms with Gasteiger partial charge in [0.25, 0.3) is 5.91 Å². The number of benzene rings is 1. The van der Waals surface area contributed by atoms with Crippen molar-refractivity contribution in [2.45, 2.75) is 38.7 Å². The number of hydrogen-bond donors (Lipinski definition) is 1. The molecule has 7 nitrogen and oxygen atoms in total. The molecule has 26 heavy (non-hydrogen) atoms. The van der Waals surface area contributed by atoms with Crippen LogP contribution in [-0.4, -0.2) is 56.0 Å². The highest BCUT2D eigenvalue weighted by Crippen LogP contribution is 2.26. The van der Waals surface area contributed by atoms with Gasteiger partial charge in [-0.15, -0.1) is 10.2 Å². The molecule has 1 aromatic carbocycles. The molecule has 0 spiro atoms. The molecule has 1 fully saturated rings. The molecule has 0 saturated carbocycles. The van der Waals surface area contributed by atoms with Gasteiger partial charge in [0, 0.05) is 26.6 Å². The van der Waals surface area contributed by atoms with E-state index in [0.717, 1.165) is 23.3 Å². The minimum atomic E-state index is -0.979. The summed E-state index contributed by atoms with van der Waals surface area (Å²) in [6, 6.07) is 5.90. The fourth-order valence-corrected chi connectivity index (χ4v) is 3.48. The Hall–Kier alpha value is -2.41. The largest absolute Gasteiger partial charge is 0.483 e. The highest BCUT2D eigenvalue weighted by Gasteiger charge is 2.36. The van der Waals surface area contributed by atoms with E-state index >= 15 is 0 Å². The first-order valence-corrected chi connectivity index (χ1v) is 8.90. The third-order valence-electron chi connectivity index (χ3n) is 4.95. The molecule has 1 N–H and O–H groups in total. The summed E-state index contributed by atoms with van der Waals surface area (Å²) < 4.78 is 7.57. The van der Waals surface area contributed by atoms with Gasteiger partial charge in [-0.3, -0.25) is 4.79 Å². The quantitative estimate of drug-likeness (QED) is 0.874. The number of rotatable bonds is 5. The maximum Gasteiger partial charge on any atom is 0.260 e. The molecule has 7 heteroatoms. The average molecular weight is 358 g/mol. The summed E-state index contributed by atoms with van der Waals surface area (Å²) in [6.45, 7) is 4.83. The molecule has 1 saturated heterocycles. The number of β-amino-alcohol motifs (C(OH)–C–C–N with tert-alkyl or cyclic N) is 1. The smallest absolute Gasteiger partial charge is 0.260 e. The number of likely N-dealkylation sites (tertiary alicyclic amines) is 1. The lowest BCUT2D eigenvalue weighted by Crippen LogP contribution is -2.52. The Morgan fingerprint density at radius 3 is 2.73 bits per heavy atom. The van der Waals surface area contributed by atoms with Gasteiger partial charge in [0.15, 0.2) is 6.61 Å². The molecule has 1 unspecified atom stereocenters. The molecule has 0 bridgehead atoms.